The number of hydrogen-bond donors (Lipinski definition) is 0. The SMILES string of the molecule is N#CCC1CC2CCC(C1)N2C(=O)OCC1c2ccccc2-c2ccccc21. The second-order valence-electron chi connectivity index (χ2n) is 8.30. The number of benzene rings is 2. The molecule has 2 fully saturated rings. The summed E-state index contributed by atoms with van der Waals surface area (Å²) in [4.78, 5) is 14.9. The molecule has 2 saturated heterocycles. The molecule has 5 rings (SSSR count). The number of ether oxygens (including phenoxy) is 1. The van der Waals surface area contributed by atoms with Crippen LogP contribution in [0.2, 0.25) is 0 Å². The van der Waals surface area contributed by atoms with Gasteiger partial charge in [0.2, 0.25) is 0 Å². The van der Waals surface area contributed by atoms with E-state index in [0.717, 1.165) is 25.7 Å². The Hall–Kier alpha value is -2.80. The Kier molecular flexibility index (Phi) is 4.31. The molecule has 2 aromatic carbocycles. The van der Waals surface area contributed by atoms with Gasteiger partial charge in [-0.1, -0.05) is 48.5 Å². The van der Waals surface area contributed by atoms with Crippen LogP contribution in [0, 0.1) is 17.2 Å². The van der Waals surface area contributed by atoms with Crippen LogP contribution in [0.3, 0.4) is 0 Å². The number of nitriles is 1. The van der Waals surface area contributed by atoms with Crippen LogP contribution in [0.5, 0.6) is 0 Å². The van der Waals surface area contributed by atoms with E-state index in [9.17, 15) is 4.79 Å². The summed E-state index contributed by atoms with van der Waals surface area (Å²) in [7, 11) is 0. The van der Waals surface area contributed by atoms with Gasteiger partial charge in [0.15, 0.2) is 0 Å². The molecule has 2 unspecified atom stereocenters. The third-order valence-corrected chi connectivity index (χ3v) is 6.76. The molecule has 4 heteroatoms. The van der Waals surface area contributed by atoms with Crippen LogP contribution >= 0.6 is 0 Å². The standard InChI is InChI=1S/C24H24N2O2/c25-12-11-16-13-17-9-10-18(14-16)26(17)24(27)28-15-23-21-7-3-1-5-19(21)20-6-2-4-8-22(20)23/h1-8,16-18,23H,9-11,13-15H2. The zero-order chi connectivity index (χ0) is 19.1. The fourth-order valence-electron chi connectivity index (χ4n) is 5.55. The second-order valence-corrected chi connectivity index (χ2v) is 8.30. The van der Waals surface area contributed by atoms with Crippen molar-refractivity contribution in [1.29, 1.82) is 5.26 Å². The van der Waals surface area contributed by atoms with Gasteiger partial charge in [-0.3, -0.25) is 0 Å². The maximum absolute atomic E-state index is 12.9. The van der Waals surface area contributed by atoms with Crippen molar-refractivity contribution in [2.24, 2.45) is 5.92 Å². The van der Waals surface area contributed by atoms with Gasteiger partial charge in [-0.15, -0.1) is 0 Å². The molecule has 2 aliphatic heterocycles. The summed E-state index contributed by atoms with van der Waals surface area (Å²) in [5.41, 5.74) is 4.98. The fraction of sp³-hybridized carbons (Fsp3) is 0.417. The van der Waals surface area contributed by atoms with Crippen LogP contribution in [0.25, 0.3) is 11.1 Å². The summed E-state index contributed by atoms with van der Waals surface area (Å²) < 4.78 is 5.88. The summed E-state index contributed by atoms with van der Waals surface area (Å²) in [6, 6.07) is 19.6. The van der Waals surface area contributed by atoms with E-state index in [1.807, 2.05) is 4.90 Å². The van der Waals surface area contributed by atoms with Gasteiger partial charge in [-0.2, -0.15) is 5.26 Å². The number of nitrogens with zero attached hydrogens (tertiary/aromatic N) is 2. The molecule has 0 aromatic heterocycles. The Labute approximate surface area is 165 Å². The first-order chi connectivity index (χ1) is 13.8. The van der Waals surface area contributed by atoms with Crippen molar-refractivity contribution in [2.45, 2.75) is 50.1 Å². The van der Waals surface area contributed by atoms with Gasteiger partial charge in [0, 0.05) is 24.4 Å². The van der Waals surface area contributed by atoms with Gasteiger partial charge in [0.05, 0.1) is 6.07 Å². The van der Waals surface area contributed by atoms with E-state index in [2.05, 4.69) is 54.6 Å². The molecule has 0 spiro atoms. The Morgan fingerprint density at radius 1 is 1.00 bits per heavy atom. The van der Waals surface area contributed by atoms with Crippen LogP contribution in [-0.4, -0.2) is 29.7 Å². The molecule has 1 aliphatic carbocycles. The predicted molar refractivity (Wildman–Crippen MR) is 107 cm³/mol. The Morgan fingerprint density at radius 3 is 2.14 bits per heavy atom. The van der Waals surface area contributed by atoms with Gasteiger partial charge in [0.1, 0.15) is 6.61 Å². The maximum Gasteiger partial charge on any atom is 0.410 e. The highest BCUT2D eigenvalue weighted by Gasteiger charge is 2.44. The van der Waals surface area contributed by atoms with Crippen molar-refractivity contribution >= 4 is 6.09 Å². The van der Waals surface area contributed by atoms with Crippen LogP contribution in [0.1, 0.15) is 49.1 Å². The molecule has 2 bridgehead atoms. The van der Waals surface area contributed by atoms with Crippen LogP contribution in [0.15, 0.2) is 48.5 Å². The van der Waals surface area contributed by atoms with Crippen molar-refractivity contribution in [2.75, 3.05) is 6.61 Å². The lowest BCUT2D eigenvalue weighted by molar-refractivity contribution is 0.0565. The fourth-order valence-corrected chi connectivity index (χ4v) is 5.55. The molecular weight excluding hydrogens is 348 g/mol. The molecule has 0 radical (unpaired) electrons. The topological polar surface area (TPSA) is 53.3 Å². The van der Waals surface area contributed by atoms with E-state index in [-0.39, 0.29) is 24.1 Å². The molecule has 1 amide bonds. The van der Waals surface area contributed by atoms with E-state index >= 15 is 0 Å². The third kappa shape index (κ3) is 2.77. The number of piperidine rings is 1. The molecule has 0 N–H and O–H groups in total. The molecule has 2 heterocycles. The van der Waals surface area contributed by atoms with Crippen molar-refractivity contribution in [3.63, 3.8) is 0 Å². The first kappa shape index (κ1) is 17.3. The minimum Gasteiger partial charge on any atom is -0.448 e. The van der Waals surface area contributed by atoms with E-state index in [1.54, 1.807) is 0 Å². The number of fused-ring (bicyclic) bond motifs is 5. The number of amides is 1. The molecule has 2 atom stereocenters. The summed E-state index contributed by atoms with van der Waals surface area (Å²) in [5, 5.41) is 9.00. The number of carbonyl (C=O) groups excluding carboxylic acids is 1. The minimum atomic E-state index is -0.176. The lowest BCUT2D eigenvalue weighted by Crippen LogP contribution is -2.47. The van der Waals surface area contributed by atoms with Crippen molar-refractivity contribution < 1.29 is 9.53 Å². The Bertz CT molecular complexity index is 888. The van der Waals surface area contributed by atoms with Gasteiger partial charge < -0.3 is 9.64 Å². The highest BCUT2D eigenvalue weighted by atomic mass is 16.6. The van der Waals surface area contributed by atoms with Crippen molar-refractivity contribution in [3.8, 4) is 17.2 Å². The second kappa shape index (κ2) is 6.98. The number of rotatable bonds is 3. The van der Waals surface area contributed by atoms with Gasteiger partial charge in [0.25, 0.3) is 0 Å². The van der Waals surface area contributed by atoms with Crippen LogP contribution in [0.4, 0.5) is 4.79 Å². The average molecular weight is 372 g/mol. The molecule has 4 nitrogen and oxygen atoms in total. The molecular formula is C24H24N2O2. The molecule has 2 aromatic rings. The molecule has 3 aliphatic rings. The van der Waals surface area contributed by atoms with Crippen LogP contribution in [-0.2, 0) is 4.74 Å². The normalized spacial score (nSPS) is 25.1. The van der Waals surface area contributed by atoms with Gasteiger partial charge in [-0.25, -0.2) is 4.79 Å². The summed E-state index contributed by atoms with van der Waals surface area (Å²) in [6.45, 7) is 0.379. The van der Waals surface area contributed by atoms with Crippen LogP contribution < -0.4 is 0 Å². The van der Waals surface area contributed by atoms with E-state index in [1.165, 1.54) is 22.3 Å². The number of hydrogen-bond acceptors (Lipinski definition) is 3. The van der Waals surface area contributed by atoms with Crippen molar-refractivity contribution in [1.82, 2.24) is 4.90 Å². The monoisotopic (exact) mass is 372 g/mol. The highest BCUT2D eigenvalue weighted by molar-refractivity contribution is 5.79. The molecule has 28 heavy (non-hydrogen) atoms. The Balaban J connectivity index is 1.31. The zero-order valence-electron chi connectivity index (χ0n) is 15.9. The Morgan fingerprint density at radius 2 is 1.57 bits per heavy atom. The van der Waals surface area contributed by atoms with E-state index in [4.69, 9.17) is 10.00 Å². The lowest BCUT2D eigenvalue weighted by Gasteiger charge is -2.37. The highest BCUT2D eigenvalue weighted by Crippen LogP contribution is 2.45. The molecule has 0 saturated carbocycles. The van der Waals surface area contributed by atoms with E-state index in [0.29, 0.717) is 18.9 Å². The van der Waals surface area contributed by atoms with Gasteiger partial charge >= 0.3 is 6.09 Å². The smallest absolute Gasteiger partial charge is 0.410 e. The quantitative estimate of drug-likeness (QED) is 0.754. The lowest BCUT2D eigenvalue weighted by atomic mass is 9.89. The summed E-state index contributed by atoms with van der Waals surface area (Å²) in [5.74, 6) is 0.533. The summed E-state index contributed by atoms with van der Waals surface area (Å²) in [6.07, 6.45) is 4.38. The molecule has 142 valence electrons. The summed E-state index contributed by atoms with van der Waals surface area (Å²) >= 11 is 0. The minimum absolute atomic E-state index is 0.102. The maximum atomic E-state index is 12.9. The zero-order valence-corrected chi connectivity index (χ0v) is 15.9. The third-order valence-electron chi connectivity index (χ3n) is 6.76. The number of carbonyl (C=O) groups is 1. The van der Waals surface area contributed by atoms with E-state index < -0.39 is 0 Å². The van der Waals surface area contributed by atoms with Gasteiger partial charge in [-0.05, 0) is 53.9 Å². The largest absolute Gasteiger partial charge is 0.448 e. The average Bonchev–Trinajstić information content (AvgIpc) is 3.18. The predicted octanol–water partition coefficient (Wildman–Crippen LogP) is 5.09. The first-order valence-corrected chi connectivity index (χ1v) is 10.3. The van der Waals surface area contributed by atoms with Crippen molar-refractivity contribution in [3.05, 3.63) is 59.7 Å². The first-order valence-electron chi connectivity index (χ1n) is 10.3.